The second-order valence-electron chi connectivity index (χ2n) is 4.99. The number of benzene rings is 1. The Morgan fingerprint density at radius 3 is 2.67 bits per heavy atom. The number of hydrogen-bond donors (Lipinski definition) is 1. The third-order valence-electron chi connectivity index (χ3n) is 3.37. The molecule has 5 nitrogen and oxygen atoms in total. The maximum absolute atomic E-state index is 4.38. The molecular formula is C16H17N5. The van der Waals surface area contributed by atoms with Crippen molar-refractivity contribution in [2.24, 2.45) is 0 Å². The van der Waals surface area contributed by atoms with Crippen LogP contribution in [0.15, 0.2) is 55.2 Å². The zero-order valence-electron chi connectivity index (χ0n) is 12.1. The van der Waals surface area contributed by atoms with Crippen molar-refractivity contribution in [3.63, 3.8) is 0 Å². The number of aryl methyl sites for hydroxylation is 1. The van der Waals surface area contributed by atoms with Gasteiger partial charge in [-0.25, -0.2) is 14.6 Å². The van der Waals surface area contributed by atoms with Crippen LogP contribution < -0.4 is 5.32 Å². The van der Waals surface area contributed by atoms with Gasteiger partial charge < -0.3 is 5.32 Å². The molecule has 0 bridgehead atoms. The number of nitrogens with one attached hydrogen (secondary N) is 1. The molecule has 0 saturated heterocycles. The zero-order valence-corrected chi connectivity index (χ0v) is 12.1. The van der Waals surface area contributed by atoms with Gasteiger partial charge in [0.2, 0.25) is 0 Å². The average Bonchev–Trinajstić information content (AvgIpc) is 3.02. The van der Waals surface area contributed by atoms with Crippen molar-refractivity contribution in [3.8, 4) is 5.82 Å². The second-order valence-corrected chi connectivity index (χ2v) is 4.99. The normalized spacial score (nSPS) is 12.1. The largest absolute Gasteiger partial charge is 0.375 e. The van der Waals surface area contributed by atoms with E-state index in [4.69, 9.17) is 0 Å². The van der Waals surface area contributed by atoms with E-state index >= 15 is 0 Å². The summed E-state index contributed by atoms with van der Waals surface area (Å²) in [5, 5.41) is 7.63. The number of anilines is 1. The number of hydrogen-bond acceptors (Lipinski definition) is 4. The van der Waals surface area contributed by atoms with Gasteiger partial charge in [-0.3, -0.25) is 0 Å². The molecule has 1 aromatic carbocycles. The zero-order chi connectivity index (χ0) is 14.7. The van der Waals surface area contributed by atoms with Crippen LogP contribution in [0.2, 0.25) is 0 Å². The Morgan fingerprint density at radius 2 is 1.95 bits per heavy atom. The number of nitrogens with zero attached hydrogens (tertiary/aromatic N) is 4. The summed E-state index contributed by atoms with van der Waals surface area (Å²) in [7, 11) is 0. The van der Waals surface area contributed by atoms with Gasteiger partial charge in [-0.2, -0.15) is 5.10 Å². The summed E-state index contributed by atoms with van der Waals surface area (Å²) in [4.78, 5) is 8.35. The lowest BCUT2D eigenvalue weighted by Crippen LogP contribution is -2.10. The first-order valence-corrected chi connectivity index (χ1v) is 6.87. The summed E-state index contributed by atoms with van der Waals surface area (Å²) in [6.07, 6.45) is 4.89. The van der Waals surface area contributed by atoms with Crippen LogP contribution >= 0.6 is 0 Å². The van der Waals surface area contributed by atoms with Gasteiger partial charge in [0.1, 0.15) is 12.7 Å². The van der Waals surface area contributed by atoms with E-state index in [0.29, 0.717) is 0 Å². The molecule has 1 N–H and O–H groups in total. The lowest BCUT2D eigenvalue weighted by atomic mass is 10.1. The van der Waals surface area contributed by atoms with Gasteiger partial charge >= 0.3 is 0 Å². The molecule has 0 aliphatic rings. The van der Waals surface area contributed by atoms with Gasteiger partial charge in [0.15, 0.2) is 5.82 Å². The van der Waals surface area contributed by atoms with Crippen molar-refractivity contribution >= 4 is 5.69 Å². The Balaban J connectivity index is 1.86. The van der Waals surface area contributed by atoms with Gasteiger partial charge in [0.05, 0.1) is 5.69 Å². The maximum Gasteiger partial charge on any atom is 0.178 e. The van der Waals surface area contributed by atoms with E-state index in [0.717, 1.165) is 11.5 Å². The molecule has 0 saturated carbocycles. The SMILES string of the molecule is Cc1ccc(C(C)Nc2cccnc2-n2cncn2)cc1. The molecule has 0 radical (unpaired) electrons. The van der Waals surface area contributed by atoms with Gasteiger partial charge in [0.25, 0.3) is 0 Å². The van der Waals surface area contributed by atoms with E-state index < -0.39 is 0 Å². The quantitative estimate of drug-likeness (QED) is 0.797. The Labute approximate surface area is 123 Å². The Bertz CT molecular complexity index is 704. The molecule has 5 heteroatoms. The van der Waals surface area contributed by atoms with Gasteiger partial charge in [-0.15, -0.1) is 0 Å². The standard InChI is InChI=1S/C16H17N5/c1-12-5-7-14(8-6-12)13(2)20-15-4-3-9-18-16(15)21-11-17-10-19-21/h3-11,13,20H,1-2H3. The summed E-state index contributed by atoms with van der Waals surface area (Å²) in [6.45, 7) is 4.22. The Morgan fingerprint density at radius 1 is 1.14 bits per heavy atom. The van der Waals surface area contributed by atoms with Gasteiger partial charge in [-0.05, 0) is 31.5 Å². The molecule has 3 aromatic rings. The molecular weight excluding hydrogens is 262 g/mol. The fraction of sp³-hybridized carbons (Fsp3) is 0.188. The van der Waals surface area contributed by atoms with Gasteiger partial charge in [0, 0.05) is 12.2 Å². The van der Waals surface area contributed by atoms with E-state index in [1.165, 1.54) is 17.5 Å². The lowest BCUT2D eigenvalue weighted by molar-refractivity contribution is 0.828. The molecule has 21 heavy (non-hydrogen) atoms. The first-order chi connectivity index (χ1) is 10.2. The summed E-state index contributed by atoms with van der Waals surface area (Å²) >= 11 is 0. The molecule has 0 aliphatic carbocycles. The molecule has 0 amide bonds. The molecule has 1 atom stereocenters. The third kappa shape index (κ3) is 2.91. The predicted molar refractivity (Wildman–Crippen MR) is 82.4 cm³/mol. The highest BCUT2D eigenvalue weighted by molar-refractivity contribution is 5.57. The fourth-order valence-electron chi connectivity index (χ4n) is 2.18. The summed E-state index contributed by atoms with van der Waals surface area (Å²) < 4.78 is 1.66. The van der Waals surface area contributed by atoms with Crippen LogP contribution in [0.3, 0.4) is 0 Å². The highest BCUT2D eigenvalue weighted by Crippen LogP contribution is 2.23. The van der Waals surface area contributed by atoms with E-state index in [1.807, 2.05) is 12.1 Å². The molecule has 2 aromatic heterocycles. The maximum atomic E-state index is 4.38. The number of pyridine rings is 1. The van der Waals surface area contributed by atoms with Crippen molar-refractivity contribution < 1.29 is 0 Å². The summed E-state index contributed by atoms with van der Waals surface area (Å²) in [5.74, 6) is 0.744. The molecule has 0 fully saturated rings. The summed E-state index contributed by atoms with van der Waals surface area (Å²) in [5.41, 5.74) is 3.42. The molecule has 2 heterocycles. The topological polar surface area (TPSA) is 55.6 Å². The number of aromatic nitrogens is 4. The molecule has 106 valence electrons. The minimum absolute atomic E-state index is 0.178. The van der Waals surface area contributed by atoms with E-state index in [1.54, 1.807) is 17.2 Å². The van der Waals surface area contributed by atoms with Crippen LogP contribution in [0, 0.1) is 6.92 Å². The third-order valence-corrected chi connectivity index (χ3v) is 3.37. The molecule has 1 unspecified atom stereocenters. The number of rotatable bonds is 4. The molecule has 0 spiro atoms. The highest BCUT2D eigenvalue weighted by atomic mass is 15.3. The smallest absolute Gasteiger partial charge is 0.178 e. The first kappa shape index (κ1) is 13.3. The average molecular weight is 279 g/mol. The van der Waals surface area contributed by atoms with Crippen LogP contribution in [-0.4, -0.2) is 19.7 Å². The second kappa shape index (κ2) is 5.75. The predicted octanol–water partition coefficient (Wildman–Crippen LogP) is 3.14. The van der Waals surface area contributed by atoms with Crippen LogP contribution in [-0.2, 0) is 0 Å². The van der Waals surface area contributed by atoms with Crippen molar-refractivity contribution in [1.29, 1.82) is 0 Å². The lowest BCUT2D eigenvalue weighted by Gasteiger charge is -2.17. The first-order valence-electron chi connectivity index (χ1n) is 6.87. The van der Waals surface area contributed by atoms with Crippen LogP contribution in [0.5, 0.6) is 0 Å². The van der Waals surface area contributed by atoms with Crippen molar-refractivity contribution in [2.75, 3.05) is 5.32 Å². The van der Waals surface area contributed by atoms with Crippen molar-refractivity contribution in [3.05, 3.63) is 66.4 Å². The fourth-order valence-corrected chi connectivity index (χ4v) is 2.18. The van der Waals surface area contributed by atoms with Crippen LogP contribution in [0.4, 0.5) is 5.69 Å². The van der Waals surface area contributed by atoms with Crippen LogP contribution in [0.1, 0.15) is 24.1 Å². The van der Waals surface area contributed by atoms with Crippen LogP contribution in [0.25, 0.3) is 5.82 Å². The monoisotopic (exact) mass is 279 g/mol. The molecule has 3 rings (SSSR count). The van der Waals surface area contributed by atoms with E-state index in [-0.39, 0.29) is 6.04 Å². The molecule has 0 aliphatic heterocycles. The Kier molecular flexibility index (Phi) is 3.64. The Hall–Kier alpha value is -2.69. The minimum Gasteiger partial charge on any atom is -0.375 e. The van der Waals surface area contributed by atoms with Crippen molar-refractivity contribution in [1.82, 2.24) is 19.7 Å². The van der Waals surface area contributed by atoms with E-state index in [9.17, 15) is 0 Å². The van der Waals surface area contributed by atoms with Gasteiger partial charge in [-0.1, -0.05) is 29.8 Å². The van der Waals surface area contributed by atoms with E-state index in [2.05, 4.69) is 58.5 Å². The highest BCUT2D eigenvalue weighted by Gasteiger charge is 2.10. The van der Waals surface area contributed by atoms with Crippen molar-refractivity contribution in [2.45, 2.75) is 19.9 Å². The minimum atomic E-state index is 0.178. The summed E-state index contributed by atoms with van der Waals surface area (Å²) in [6, 6.07) is 12.6.